The molecule has 0 spiro atoms. The van der Waals surface area contributed by atoms with Crippen LogP contribution in [0.4, 0.5) is 4.39 Å². The van der Waals surface area contributed by atoms with E-state index < -0.39 is 0 Å². The molecule has 8 heteroatoms. The first kappa shape index (κ1) is 20.1. The summed E-state index contributed by atoms with van der Waals surface area (Å²) in [5.41, 5.74) is 0.998. The van der Waals surface area contributed by atoms with Crippen LogP contribution in [0.1, 0.15) is 16.4 Å². The summed E-state index contributed by atoms with van der Waals surface area (Å²) >= 11 is 0. The van der Waals surface area contributed by atoms with E-state index in [0.29, 0.717) is 60.9 Å². The van der Waals surface area contributed by atoms with Crippen molar-refractivity contribution in [3.05, 3.63) is 94.7 Å². The topological polar surface area (TPSA) is 71.6 Å². The van der Waals surface area contributed by atoms with Crippen molar-refractivity contribution in [3.8, 4) is 5.69 Å². The van der Waals surface area contributed by atoms with Gasteiger partial charge in [0.25, 0.3) is 11.5 Å². The summed E-state index contributed by atoms with van der Waals surface area (Å²) in [5.74, 6) is 0.419. The Kier molecular flexibility index (Phi) is 5.28. The van der Waals surface area contributed by atoms with Gasteiger partial charge in [0, 0.05) is 26.2 Å². The highest BCUT2D eigenvalue weighted by Gasteiger charge is 2.25. The predicted octanol–water partition coefficient (Wildman–Crippen LogP) is 3.08. The van der Waals surface area contributed by atoms with Gasteiger partial charge < -0.3 is 9.32 Å². The van der Waals surface area contributed by atoms with E-state index in [1.54, 1.807) is 45.9 Å². The quantitative estimate of drug-likeness (QED) is 0.496. The van der Waals surface area contributed by atoms with Crippen LogP contribution in [0.25, 0.3) is 16.6 Å². The lowest BCUT2D eigenvalue weighted by Gasteiger charge is -2.34. The molecule has 32 heavy (non-hydrogen) atoms. The average molecular weight is 432 g/mol. The first-order valence-corrected chi connectivity index (χ1v) is 10.4. The van der Waals surface area contributed by atoms with E-state index in [9.17, 15) is 14.0 Å². The van der Waals surface area contributed by atoms with Gasteiger partial charge in [0.2, 0.25) is 0 Å². The second kappa shape index (κ2) is 8.39. The van der Waals surface area contributed by atoms with Gasteiger partial charge in [-0.05, 0) is 48.5 Å². The van der Waals surface area contributed by atoms with Crippen LogP contribution in [0.5, 0.6) is 0 Å². The standard InChI is InChI=1S/C24H21FN4O3/c25-17-7-9-18(10-8-17)29-22(26-20-5-2-1-4-19(20)23(29)30)16-27-11-13-28(14-12-27)24(31)21-6-3-15-32-21/h1-10,15H,11-14,16H2. The Hall–Kier alpha value is -3.78. The minimum absolute atomic E-state index is 0.123. The third kappa shape index (κ3) is 3.80. The molecule has 0 N–H and O–H groups in total. The fraction of sp³-hybridized carbons (Fsp3) is 0.208. The molecule has 1 fully saturated rings. The molecule has 0 unspecified atom stereocenters. The second-order valence-corrected chi connectivity index (χ2v) is 7.71. The molecule has 4 aromatic rings. The van der Waals surface area contributed by atoms with Gasteiger partial charge in [-0.1, -0.05) is 12.1 Å². The maximum absolute atomic E-state index is 13.5. The first-order valence-electron chi connectivity index (χ1n) is 10.4. The maximum atomic E-state index is 13.5. The number of amides is 1. The van der Waals surface area contributed by atoms with Crippen molar-refractivity contribution >= 4 is 16.8 Å². The van der Waals surface area contributed by atoms with Crippen molar-refractivity contribution in [1.82, 2.24) is 19.4 Å². The second-order valence-electron chi connectivity index (χ2n) is 7.71. The number of rotatable bonds is 4. The van der Waals surface area contributed by atoms with E-state index in [-0.39, 0.29) is 17.3 Å². The molecule has 0 aliphatic carbocycles. The third-order valence-corrected chi connectivity index (χ3v) is 5.69. The van der Waals surface area contributed by atoms with Crippen molar-refractivity contribution in [1.29, 1.82) is 0 Å². The molecule has 0 bridgehead atoms. The van der Waals surface area contributed by atoms with E-state index in [1.165, 1.54) is 18.4 Å². The highest BCUT2D eigenvalue weighted by atomic mass is 19.1. The molecular formula is C24H21FN4O3. The third-order valence-electron chi connectivity index (χ3n) is 5.69. The molecule has 5 rings (SSSR count). The van der Waals surface area contributed by atoms with Gasteiger partial charge in [0.1, 0.15) is 11.6 Å². The molecule has 0 saturated carbocycles. The highest BCUT2D eigenvalue weighted by molar-refractivity contribution is 5.91. The Balaban J connectivity index is 1.43. The smallest absolute Gasteiger partial charge is 0.289 e. The van der Waals surface area contributed by atoms with Crippen molar-refractivity contribution < 1.29 is 13.6 Å². The Morgan fingerprint density at radius 3 is 2.44 bits per heavy atom. The maximum Gasteiger partial charge on any atom is 0.289 e. The lowest BCUT2D eigenvalue weighted by Crippen LogP contribution is -2.48. The van der Waals surface area contributed by atoms with Gasteiger partial charge in [-0.15, -0.1) is 0 Å². The van der Waals surface area contributed by atoms with E-state index in [1.807, 2.05) is 12.1 Å². The number of halogens is 1. The SMILES string of the molecule is O=C(c1ccco1)N1CCN(Cc2nc3ccccc3c(=O)n2-c2ccc(F)cc2)CC1. The molecule has 1 aliphatic rings. The Labute approximate surface area is 183 Å². The lowest BCUT2D eigenvalue weighted by molar-refractivity contribution is 0.0594. The number of aromatic nitrogens is 2. The van der Waals surface area contributed by atoms with Gasteiger partial charge in [-0.3, -0.25) is 19.1 Å². The van der Waals surface area contributed by atoms with E-state index in [4.69, 9.17) is 9.40 Å². The number of hydrogen-bond donors (Lipinski definition) is 0. The lowest BCUT2D eigenvalue weighted by atomic mass is 10.2. The number of carbonyl (C=O) groups excluding carboxylic acids is 1. The van der Waals surface area contributed by atoms with Gasteiger partial charge in [-0.2, -0.15) is 0 Å². The van der Waals surface area contributed by atoms with Gasteiger partial charge in [0.05, 0.1) is 29.4 Å². The minimum atomic E-state index is -0.366. The summed E-state index contributed by atoms with van der Waals surface area (Å²) in [6.45, 7) is 2.80. The largest absolute Gasteiger partial charge is 0.459 e. The van der Waals surface area contributed by atoms with E-state index in [0.717, 1.165) is 0 Å². The predicted molar refractivity (Wildman–Crippen MR) is 117 cm³/mol. The molecule has 0 atom stereocenters. The normalized spacial score (nSPS) is 14.7. The van der Waals surface area contributed by atoms with Crippen LogP contribution < -0.4 is 5.56 Å². The number of hydrogen-bond acceptors (Lipinski definition) is 5. The fourth-order valence-corrected chi connectivity index (χ4v) is 4.01. The Morgan fingerprint density at radius 2 is 1.72 bits per heavy atom. The number of fused-ring (bicyclic) bond motifs is 1. The highest BCUT2D eigenvalue weighted by Crippen LogP contribution is 2.17. The molecular weight excluding hydrogens is 411 g/mol. The number of para-hydroxylation sites is 1. The summed E-state index contributed by atoms with van der Waals surface area (Å²) in [7, 11) is 0. The van der Waals surface area contributed by atoms with Crippen LogP contribution in [0, 0.1) is 5.82 Å². The van der Waals surface area contributed by atoms with Crippen LogP contribution in [0.15, 0.2) is 76.1 Å². The van der Waals surface area contributed by atoms with Crippen LogP contribution >= 0.6 is 0 Å². The molecule has 2 aromatic carbocycles. The molecule has 162 valence electrons. The molecule has 2 aromatic heterocycles. The van der Waals surface area contributed by atoms with Crippen molar-refractivity contribution in [2.75, 3.05) is 26.2 Å². The minimum Gasteiger partial charge on any atom is -0.459 e. The van der Waals surface area contributed by atoms with Gasteiger partial charge in [-0.25, -0.2) is 9.37 Å². The number of nitrogens with zero attached hydrogens (tertiary/aromatic N) is 4. The summed E-state index contributed by atoms with van der Waals surface area (Å²) in [4.78, 5) is 34.5. The molecule has 3 heterocycles. The molecule has 1 amide bonds. The summed E-state index contributed by atoms with van der Waals surface area (Å²) in [5, 5.41) is 0.509. The van der Waals surface area contributed by atoms with E-state index >= 15 is 0 Å². The molecule has 1 aliphatic heterocycles. The van der Waals surface area contributed by atoms with Crippen LogP contribution in [0.2, 0.25) is 0 Å². The van der Waals surface area contributed by atoms with Crippen LogP contribution in [0.3, 0.4) is 0 Å². The first-order chi connectivity index (χ1) is 15.6. The number of benzene rings is 2. The summed E-state index contributed by atoms with van der Waals surface area (Å²) in [6, 6.07) is 16.4. The zero-order chi connectivity index (χ0) is 22.1. The van der Waals surface area contributed by atoms with Crippen molar-refractivity contribution in [2.24, 2.45) is 0 Å². The molecule has 1 saturated heterocycles. The molecule has 7 nitrogen and oxygen atoms in total. The van der Waals surface area contributed by atoms with Gasteiger partial charge >= 0.3 is 0 Å². The number of carbonyl (C=O) groups is 1. The Morgan fingerprint density at radius 1 is 0.969 bits per heavy atom. The summed E-state index contributed by atoms with van der Waals surface area (Å²) in [6.07, 6.45) is 1.49. The zero-order valence-electron chi connectivity index (χ0n) is 17.3. The zero-order valence-corrected chi connectivity index (χ0v) is 17.3. The number of piperazine rings is 1. The fourth-order valence-electron chi connectivity index (χ4n) is 4.01. The van der Waals surface area contributed by atoms with Crippen LogP contribution in [-0.2, 0) is 6.54 Å². The number of furan rings is 1. The van der Waals surface area contributed by atoms with E-state index in [2.05, 4.69) is 4.90 Å². The monoisotopic (exact) mass is 432 g/mol. The van der Waals surface area contributed by atoms with Crippen molar-refractivity contribution in [2.45, 2.75) is 6.54 Å². The molecule has 0 radical (unpaired) electrons. The Bertz CT molecular complexity index is 1310. The summed E-state index contributed by atoms with van der Waals surface area (Å²) < 4.78 is 20.2. The van der Waals surface area contributed by atoms with Crippen LogP contribution in [-0.4, -0.2) is 51.4 Å². The van der Waals surface area contributed by atoms with Crippen molar-refractivity contribution in [3.63, 3.8) is 0 Å². The van der Waals surface area contributed by atoms with Gasteiger partial charge in [0.15, 0.2) is 5.76 Å². The average Bonchev–Trinajstić information content (AvgIpc) is 3.35.